The summed E-state index contributed by atoms with van der Waals surface area (Å²) in [4.78, 5) is 11.5. The Balaban J connectivity index is 2.36. The Labute approximate surface area is 101 Å². The lowest BCUT2D eigenvalue weighted by molar-refractivity contribution is -0.141. The van der Waals surface area contributed by atoms with Gasteiger partial charge in [-0.05, 0) is 18.6 Å². The first-order valence-electron chi connectivity index (χ1n) is 5.54. The van der Waals surface area contributed by atoms with Crippen LogP contribution in [0.15, 0.2) is 35.2 Å². The van der Waals surface area contributed by atoms with Gasteiger partial charge in [-0.25, -0.2) is 8.42 Å². The average molecular weight is 254 g/mol. The van der Waals surface area contributed by atoms with Crippen LogP contribution in [0.2, 0.25) is 0 Å². The third kappa shape index (κ3) is 2.20. The van der Waals surface area contributed by atoms with Gasteiger partial charge in [0.2, 0.25) is 0 Å². The highest BCUT2D eigenvalue weighted by molar-refractivity contribution is 7.92. The Morgan fingerprint density at radius 2 is 1.94 bits per heavy atom. The lowest BCUT2D eigenvalue weighted by Gasteiger charge is -2.16. The van der Waals surface area contributed by atoms with E-state index in [0.29, 0.717) is 6.42 Å². The van der Waals surface area contributed by atoms with Gasteiger partial charge >= 0.3 is 5.97 Å². The van der Waals surface area contributed by atoms with E-state index in [0.717, 1.165) is 0 Å². The molecule has 1 fully saturated rings. The number of hydrogen-bond donors (Lipinski definition) is 0. The molecule has 0 bridgehead atoms. The Hall–Kier alpha value is -1.36. The van der Waals surface area contributed by atoms with Crippen LogP contribution in [-0.4, -0.2) is 25.7 Å². The fraction of sp³-hybridized carbons (Fsp3) is 0.417. The van der Waals surface area contributed by atoms with E-state index in [1.165, 1.54) is 0 Å². The van der Waals surface area contributed by atoms with E-state index in [2.05, 4.69) is 0 Å². The van der Waals surface area contributed by atoms with Gasteiger partial charge in [0, 0.05) is 0 Å². The smallest absolute Gasteiger partial charge is 0.307 e. The highest BCUT2D eigenvalue weighted by atomic mass is 32.2. The van der Waals surface area contributed by atoms with Crippen molar-refractivity contribution in [1.29, 1.82) is 0 Å². The number of carbonyl (C=O) groups is 1. The minimum Gasteiger partial charge on any atom is -0.461 e. The number of rotatable bonds is 3. The monoisotopic (exact) mass is 254 g/mol. The van der Waals surface area contributed by atoms with Gasteiger partial charge in [-0.1, -0.05) is 25.1 Å². The number of carbonyl (C=O) groups excluding carboxylic acids is 1. The molecule has 4 nitrogen and oxygen atoms in total. The molecule has 1 aliphatic rings. The number of sulfone groups is 1. The van der Waals surface area contributed by atoms with Crippen molar-refractivity contribution in [3.05, 3.63) is 30.3 Å². The molecule has 0 aromatic heterocycles. The Bertz CT molecular complexity index is 507. The normalized spacial score (nSPS) is 24.6. The molecule has 0 radical (unpaired) electrons. The third-order valence-electron chi connectivity index (χ3n) is 2.94. The highest BCUT2D eigenvalue weighted by Gasteiger charge is 2.43. The summed E-state index contributed by atoms with van der Waals surface area (Å²) in [7, 11) is -3.48. The van der Waals surface area contributed by atoms with Gasteiger partial charge in [0.25, 0.3) is 0 Å². The first-order valence-corrected chi connectivity index (χ1v) is 7.08. The Kier molecular flexibility index (Phi) is 3.19. The van der Waals surface area contributed by atoms with Crippen molar-refractivity contribution in [3.63, 3.8) is 0 Å². The summed E-state index contributed by atoms with van der Waals surface area (Å²) in [5.41, 5.74) is 0. The second kappa shape index (κ2) is 4.49. The van der Waals surface area contributed by atoms with E-state index >= 15 is 0 Å². The first kappa shape index (κ1) is 12.1. The lowest BCUT2D eigenvalue weighted by atomic mass is 10.2. The minimum absolute atomic E-state index is 0.0459. The zero-order valence-electron chi connectivity index (χ0n) is 9.50. The highest BCUT2D eigenvalue weighted by Crippen LogP contribution is 2.29. The molecule has 2 rings (SSSR count). The van der Waals surface area contributed by atoms with Gasteiger partial charge in [-0.3, -0.25) is 4.79 Å². The number of cyclic esters (lactones) is 1. The SMILES string of the molecule is CC[C@@H]1OC(=O)C[C@H]1S(=O)(=O)c1ccccc1. The second-order valence-electron chi connectivity index (χ2n) is 4.04. The van der Waals surface area contributed by atoms with Crippen LogP contribution in [0.25, 0.3) is 0 Å². The molecule has 1 saturated heterocycles. The van der Waals surface area contributed by atoms with Crippen molar-refractivity contribution in [3.8, 4) is 0 Å². The van der Waals surface area contributed by atoms with E-state index in [-0.39, 0.29) is 11.3 Å². The summed E-state index contributed by atoms with van der Waals surface area (Å²) in [6.07, 6.45) is -0.0502. The van der Waals surface area contributed by atoms with E-state index in [4.69, 9.17) is 4.74 Å². The van der Waals surface area contributed by atoms with Gasteiger partial charge in [0.15, 0.2) is 9.84 Å². The summed E-state index contributed by atoms with van der Waals surface area (Å²) < 4.78 is 29.6. The largest absolute Gasteiger partial charge is 0.461 e. The zero-order valence-corrected chi connectivity index (χ0v) is 10.3. The van der Waals surface area contributed by atoms with Gasteiger partial charge in [-0.15, -0.1) is 0 Å². The summed E-state index contributed by atoms with van der Waals surface area (Å²) in [5, 5.41) is -0.748. The van der Waals surface area contributed by atoms with E-state index in [1.807, 2.05) is 6.92 Å². The summed E-state index contributed by atoms with van der Waals surface area (Å²) in [6, 6.07) is 8.19. The van der Waals surface area contributed by atoms with Gasteiger partial charge in [-0.2, -0.15) is 0 Å². The molecule has 17 heavy (non-hydrogen) atoms. The standard InChI is InChI=1S/C12H14O4S/c1-2-10-11(8-12(13)16-10)17(14,15)9-6-4-3-5-7-9/h3-7,10-11H,2,8H2,1H3/t10-,11+/m0/s1. The molecule has 1 aliphatic heterocycles. The van der Waals surface area contributed by atoms with Crippen LogP contribution in [0.5, 0.6) is 0 Å². The van der Waals surface area contributed by atoms with Crippen molar-refractivity contribution in [1.82, 2.24) is 0 Å². The maximum absolute atomic E-state index is 12.3. The summed E-state index contributed by atoms with van der Waals surface area (Å²) in [5.74, 6) is -0.429. The van der Waals surface area contributed by atoms with Crippen molar-refractivity contribution >= 4 is 15.8 Å². The van der Waals surface area contributed by atoms with Crippen molar-refractivity contribution < 1.29 is 17.9 Å². The van der Waals surface area contributed by atoms with Crippen LogP contribution in [0.1, 0.15) is 19.8 Å². The molecular formula is C12H14O4S. The van der Waals surface area contributed by atoms with Gasteiger partial charge in [0.05, 0.1) is 11.3 Å². The molecule has 1 heterocycles. The van der Waals surface area contributed by atoms with Gasteiger partial charge < -0.3 is 4.74 Å². The number of ether oxygens (including phenoxy) is 1. The average Bonchev–Trinajstić information content (AvgIpc) is 2.72. The van der Waals surface area contributed by atoms with Crippen LogP contribution in [0.4, 0.5) is 0 Å². The third-order valence-corrected chi connectivity index (χ3v) is 5.13. The van der Waals surface area contributed by atoms with E-state index in [1.54, 1.807) is 30.3 Å². The predicted molar refractivity (Wildman–Crippen MR) is 62.2 cm³/mol. The summed E-state index contributed by atoms with van der Waals surface area (Å²) in [6.45, 7) is 1.82. The molecule has 0 spiro atoms. The molecule has 1 aromatic rings. The molecule has 0 saturated carbocycles. The molecule has 0 aliphatic carbocycles. The topological polar surface area (TPSA) is 60.4 Å². The maximum atomic E-state index is 12.3. The van der Waals surface area contributed by atoms with E-state index in [9.17, 15) is 13.2 Å². The minimum atomic E-state index is -3.48. The van der Waals surface area contributed by atoms with E-state index < -0.39 is 27.2 Å². The fourth-order valence-electron chi connectivity index (χ4n) is 2.03. The van der Waals surface area contributed by atoms with Crippen LogP contribution in [0, 0.1) is 0 Å². The number of hydrogen-bond acceptors (Lipinski definition) is 4. The first-order chi connectivity index (χ1) is 8.05. The van der Waals surface area contributed by atoms with Crippen molar-refractivity contribution in [2.75, 3.05) is 0 Å². The molecule has 0 unspecified atom stereocenters. The molecule has 1 aromatic carbocycles. The molecule has 0 amide bonds. The Morgan fingerprint density at radius 3 is 2.53 bits per heavy atom. The Morgan fingerprint density at radius 1 is 1.29 bits per heavy atom. The van der Waals surface area contributed by atoms with Gasteiger partial charge in [0.1, 0.15) is 11.4 Å². The lowest BCUT2D eigenvalue weighted by Crippen LogP contribution is -2.29. The molecule has 92 valence electrons. The van der Waals surface area contributed by atoms with Crippen LogP contribution in [-0.2, 0) is 19.4 Å². The number of esters is 1. The van der Waals surface area contributed by atoms with Crippen LogP contribution < -0.4 is 0 Å². The maximum Gasteiger partial charge on any atom is 0.307 e. The summed E-state index contributed by atoms with van der Waals surface area (Å²) >= 11 is 0. The molecular weight excluding hydrogens is 240 g/mol. The predicted octanol–water partition coefficient (Wildman–Crippen LogP) is 1.55. The second-order valence-corrected chi connectivity index (χ2v) is 6.20. The number of benzene rings is 1. The zero-order chi connectivity index (χ0) is 12.5. The molecule has 0 N–H and O–H groups in total. The van der Waals surface area contributed by atoms with Crippen LogP contribution in [0.3, 0.4) is 0 Å². The van der Waals surface area contributed by atoms with Crippen molar-refractivity contribution in [2.24, 2.45) is 0 Å². The molecule has 2 atom stereocenters. The molecule has 5 heteroatoms. The fourth-order valence-corrected chi connectivity index (χ4v) is 3.92. The quantitative estimate of drug-likeness (QED) is 0.768. The van der Waals surface area contributed by atoms with Crippen LogP contribution >= 0.6 is 0 Å². The van der Waals surface area contributed by atoms with Crippen molar-refractivity contribution in [2.45, 2.75) is 36.0 Å².